The maximum atomic E-state index is 12.8. The topological polar surface area (TPSA) is 102 Å². The molecule has 0 bridgehead atoms. The van der Waals surface area contributed by atoms with Crippen LogP contribution in [0.4, 0.5) is 11.4 Å². The Morgan fingerprint density at radius 1 is 1.00 bits per heavy atom. The highest BCUT2D eigenvalue weighted by molar-refractivity contribution is 7.99. The molecule has 2 amide bonds. The van der Waals surface area contributed by atoms with Gasteiger partial charge in [-0.3, -0.25) is 9.59 Å². The van der Waals surface area contributed by atoms with E-state index < -0.39 is 0 Å². The first kappa shape index (κ1) is 22.5. The first-order valence-electron chi connectivity index (χ1n) is 9.93. The fraction of sp³-hybridized carbons (Fsp3) is 0.0870. The summed E-state index contributed by atoms with van der Waals surface area (Å²) in [4.78, 5) is 25.4. The van der Waals surface area contributed by atoms with E-state index in [-0.39, 0.29) is 17.6 Å². The summed E-state index contributed by atoms with van der Waals surface area (Å²) in [6, 6.07) is 21.4. The van der Waals surface area contributed by atoms with Crippen molar-refractivity contribution >= 4 is 46.6 Å². The van der Waals surface area contributed by atoms with Gasteiger partial charge in [0.05, 0.1) is 22.7 Å². The maximum absolute atomic E-state index is 12.8. The molecule has 1 aromatic heterocycles. The lowest BCUT2D eigenvalue weighted by atomic mass is 10.1. The molecule has 0 saturated carbocycles. The van der Waals surface area contributed by atoms with Gasteiger partial charge in [0.15, 0.2) is 0 Å². The minimum absolute atomic E-state index is 0.0573. The zero-order valence-corrected chi connectivity index (χ0v) is 19.1. The summed E-state index contributed by atoms with van der Waals surface area (Å²) >= 11 is 7.11. The standard InChI is InChI=1S/C23H19ClN6O2S/c1-15-5-4-6-17(13-15)25-22(32)19-7-2-3-8-20(19)26-21(31)14-33-23-27-28-29-30(23)18-11-9-16(24)10-12-18/h2-13H,14H2,1H3,(H,25,32)(H,26,31). The summed E-state index contributed by atoms with van der Waals surface area (Å²) < 4.78 is 1.53. The molecule has 166 valence electrons. The number of benzene rings is 3. The quantitative estimate of drug-likeness (QED) is 0.376. The SMILES string of the molecule is Cc1cccc(NC(=O)c2ccccc2NC(=O)CSc2nnnn2-c2ccc(Cl)cc2)c1. The van der Waals surface area contributed by atoms with E-state index in [0.29, 0.717) is 27.1 Å². The largest absolute Gasteiger partial charge is 0.325 e. The van der Waals surface area contributed by atoms with Crippen LogP contribution in [-0.4, -0.2) is 37.8 Å². The summed E-state index contributed by atoms with van der Waals surface area (Å²) in [6.07, 6.45) is 0. The number of anilines is 2. The summed E-state index contributed by atoms with van der Waals surface area (Å²) in [5, 5.41) is 18.4. The number of para-hydroxylation sites is 1. The molecule has 0 saturated heterocycles. The van der Waals surface area contributed by atoms with Gasteiger partial charge < -0.3 is 10.6 Å². The van der Waals surface area contributed by atoms with Gasteiger partial charge in [-0.15, -0.1) is 5.10 Å². The van der Waals surface area contributed by atoms with Crippen LogP contribution in [0.15, 0.2) is 78.0 Å². The van der Waals surface area contributed by atoms with Gasteiger partial charge in [0, 0.05) is 10.7 Å². The zero-order valence-electron chi connectivity index (χ0n) is 17.5. The van der Waals surface area contributed by atoms with E-state index in [0.717, 1.165) is 11.3 Å². The molecule has 0 atom stereocenters. The third-order valence-electron chi connectivity index (χ3n) is 4.57. The van der Waals surface area contributed by atoms with Crippen molar-refractivity contribution in [3.05, 3.63) is 88.9 Å². The fourth-order valence-corrected chi connectivity index (χ4v) is 3.86. The number of hydrogen-bond donors (Lipinski definition) is 2. The van der Waals surface area contributed by atoms with Crippen LogP contribution in [0.3, 0.4) is 0 Å². The van der Waals surface area contributed by atoms with Crippen LogP contribution in [0.1, 0.15) is 15.9 Å². The van der Waals surface area contributed by atoms with Crippen LogP contribution in [-0.2, 0) is 4.79 Å². The molecule has 0 spiro atoms. The average Bonchev–Trinajstić information content (AvgIpc) is 3.27. The second-order valence-electron chi connectivity index (χ2n) is 7.06. The highest BCUT2D eigenvalue weighted by Crippen LogP contribution is 2.22. The van der Waals surface area contributed by atoms with Crippen LogP contribution >= 0.6 is 23.4 Å². The van der Waals surface area contributed by atoms with Crippen LogP contribution in [0.25, 0.3) is 5.69 Å². The molecule has 33 heavy (non-hydrogen) atoms. The van der Waals surface area contributed by atoms with Crippen LogP contribution in [0.5, 0.6) is 0 Å². The van der Waals surface area contributed by atoms with Gasteiger partial charge in [0.2, 0.25) is 11.1 Å². The Hall–Kier alpha value is -3.69. The van der Waals surface area contributed by atoms with Crippen molar-refractivity contribution < 1.29 is 9.59 Å². The number of carbonyl (C=O) groups is 2. The van der Waals surface area contributed by atoms with E-state index in [9.17, 15) is 9.59 Å². The van der Waals surface area contributed by atoms with Crippen molar-refractivity contribution in [2.45, 2.75) is 12.1 Å². The van der Waals surface area contributed by atoms with Gasteiger partial charge >= 0.3 is 0 Å². The van der Waals surface area contributed by atoms with Crippen molar-refractivity contribution in [1.29, 1.82) is 0 Å². The normalized spacial score (nSPS) is 10.6. The smallest absolute Gasteiger partial charge is 0.257 e. The number of tetrazole rings is 1. The molecule has 0 fully saturated rings. The Bertz CT molecular complexity index is 1290. The Morgan fingerprint density at radius 2 is 1.79 bits per heavy atom. The molecule has 0 unspecified atom stereocenters. The van der Waals surface area contributed by atoms with Crippen LogP contribution < -0.4 is 10.6 Å². The molecule has 1 heterocycles. The predicted octanol–water partition coefficient (Wildman–Crippen LogP) is 4.61. The Labute approximate surface area is 199 Å². The molecule has 0 aliphatic carbocycles. The number of amides is 2. The maximum Gasteiger partial charge on any atom is 0.257 e. The van der Waals surface area contributed by atoms with E-state index in [2.05, 4.69) is 26.2 Å². The minimum atomic E-state index is -0.309. The molecule has 0 aliphatic heterocycles. The van der Waals surface area contributed by atoms with Crippen LogP contribution in [0.2, 0.25) is 5.02 Å². The summed E-state index contributed by atoms with van der Waals surface area (Å²) in [5.41, 5.74) is 3.23. The third kappa shape index (κ3) is 5.76. The first-order valence-corrected chi connectivity index (χ1v) is 11.3. The lowest BCUT2D eigenvalue weighted by Crippen LogP contribution is -2.19. The Balaban J connectivity index is 1.41. The average molecular weight is 479 g/mol. The molecule has 4 rings (SSSR count). The Morgan fingerprint density at radius 3 is 2.58 bits per heavy atom. The minimum Gasteiger partial charge on any atom is -0.325 e. The number of nitrogens with one attached hydrogen (secondary N) is 2. The summed E-state index contributed by atoms with van der Waals surface area (Å²) in [5.74, 6) is -0.542. The number of halogens is 1. The van der Waals surface area contributed by atoms with E-state index in [1.54, 1.807) is 48.5 Å². The molecule has 8 nitrogen and oxygen atoms in total. The monoisotopic (exact) mass is 478 g/mol. The van der Waals surface area contributed by atoms with Crippen molar-refractivity contribution in [2.75, 3.05) is 16.4 Å². The highest BCUT2D eigenvalue weighted by atomic mass is 35.5. The molecule has 0 aliphatic rings. The van der Waals surface area contributed by atoms with Crippen molar-refractivity contribution in [3.8, 4) is 5.69 Å². The number of rotatable bonds is 7. The highest BCUT2D eigenvalue weighted by Gasteiger charge is 2.15. The number of aryl methyl sites for hydroxylation is 1. The molecular formula is C23H19ClN6O2S. The van der Waals surface area contributed by atoms with E-state index in [1.165, 1.54) is 16.4 Å². The summed E-state index contributed by atoms with van der Waals surface area (Å²) in [6.45, 7) is 1.95. The van der Waals surface area contributed by atoms with Gasteiger partial charge in [-0.2, -0.15) is 4.68 Å². The predicted molar refractivity (Wildman–Crippen MR) is 129 cm³/mol. The number of hydrogen-bond acceptors (Lipinski definition) is 6. The van der Waals surface area contributed by atoms with Crippen LogP contribution in [0, 0.1) is 6.92 Å². The third-order valence-corrected chi connectivity index (χ3v) is 5.74. The molecule has 0 radical (unpaired) electrons. The lowest BCUT2D eigenvalue weighted by Gasteiger charge is -2.12. The van der Waals surface area contributed by atoms with E-state index in [4.69, 9.17) is 11.6 Å². The lowest BCUT2D eigenvalue weighted by molar-refractivity contribution is -0.113. The molecule has 3 aromatic carbocycles. The Kier molecular flexibility index (Phi) is 7.01. The first-order chi connectivity index (χ1) is 16.0. The van der Waals surface area contributed by atoms with E-state index >= 15 is 0 Å². The van der Waals surface area contributed by atoms with Crippen molar-refractivity contribution in [2.24, 2.45) is 0 Å². The number of thioether (sulfide) groups is 1. The fourth-order valence-electron chi connectivity index (χ4n) is 3.04. The number of nitrogens with zero attached hydrogens (tertiary/aromatic N) is 4. The molecule has 2 N–H and O–H groups in total. The second-order valence-corrected chi connectivity index (χ2v) is 8.43. The molecular weight excluding hydrogens is 460 g/mol. The second kappa shape index (κ2) is 10.3. The van der Waals surface area contributed by atoms with Gasteiger partial charge in [-0.05, 0) is 71.4 Å². The van der Waals surface area contributed by atoms with Gasteiger partial charge in [-0.1, -0.05) is 47.6 Å². The summed E-state index contributed by atoms with van der Waals surface area (Å²) in [7, 11) is 0. The molecule has 10 heteroatoms. The van der Waals surface area contributed by atoms with Gasteiger partial charge in [-0.25, -0.2) is 0 Å². The van der Waals surface area contributed by atoms with E-state index in [1.807, 2.05) is 31.2 Å². The van der Waals surface area contributed by atoms with Crippen molar-refractivity contribution in [3.63, 3.8) is 0 Å². The number of aromatic nitrogens is 4. The van der Waals surface area contributed by atoms with Gasteiger partial charge in [0.1, 0.15) is 0 Å². The zero-order chi connectivity index (χ0) is 23.2. The number of carbonyl (C=O) groups excluding carboxylic acids is 2. The van der Waals surface area contributed by atoms with Crippen molar-refractivity contribution in [1.82, 2.24) is 20.2 Å². The molecule has 4 aromatic rings. The van der Waals surface area contributed by atoms with Gasteiger partial charge in [0.25, 0.3) is 5.91 Å².